The molecule has 0 saturated carbocycles. The van der Waals surface area contributed by atoms with E-state index >= 15 is 0 Å². The highest BCUT2D eigenvalue weighted by molar-refractivity contribution is 5.87. The van der Waals surface area contributed by atoms with Crippen molar-refractivity contribution >= 4 is 22.6 Å². The Labute approximate surface area is 220 Å². The van der Waals surface area contributed by atoms with E-state index in [1.54, 1.807) is 13.2 Å². The van der Waals surface area contributed by atoms with Gasteiger partial charge < -0.3 is 19.7 Å². The minimum Gasteiger partial charge on any atom is -0.496 e. The van der Waals surface area contributed by atoms with Crippen LogP contribution >= 0.6 is 0 Å². The van der Waals surface area contributed by atoms with Crippen molar-refractivity contribution in [3.8, 4) is 5.75 Å². The number of fused-ring (bicyclic) bond motifs is 3. The van der Waals surface area contributed by atoms with E-state index in [4.69, 9.17) is 4.74 Å². The minimum absolute atomic E-state index is 0.189. The Morgan fingerprint density at radius 1 is 1.05 bits per heavy atom. The lowest BCUT2D eigenvalue weighted by Gasteiger charge is -2.36. The van der Waals surface area contributed by atoms with Crippen LogP contribution in [0, 0.1) is 5.82 Å². The van der Waals surface area contributed by atoms with Crippen molar-refractivity contribution in [2.24, 2.45) is 0 Å². The number of aromatic nitrogens is 1. The Morgan fingerprint density at radius 3 is 2.58 bits per heavy atom. The molecule has 2 atom stereocenters. The Kier molecular flexibility index (Phi) is 6.51. The van der Waals surface area contributed by atoms with Crippen LogP contribution < -0.4 is 15.0 Å². The molecule has 3 heterocycles. The smallest absolute Gasteiger partial charge is 0.321 e. The Hall–Kier alpha value is -3.88. The van der Waals surface area contributed by atoms with E-state index in [9.17, 15) is 14.3 Å². The number of methoxy groups -OCH3 is 1. The highest BCUT2D eigenvalue weighted by Gasteiger charge is 2.34. The van der Waals surface area contributed by atoms with Gasteiger partial charge in [-0.15, -0.1) is 0 Å². The average Bonchev–Trinajstić information content (AvgIpc) is 3.32. The van der Waals surface area contributed by atoms with Crippen LogP contribution in [0.4, 0.5) is 10.1 Å². The summed E-state index contributed by atoms with van der Waals surface area (Å²) in [6.07, 6.45) is 0.431. The molecule has 3 N–H and O–H groups in total. The number of anilines is 1. The van der Waals surface area contributed by atoms with Gasteiger partial charge in [0.05, 0.1) is 18.8 Å². The molecule has 1 fully saturated rings. The van der Waals surface area contributed by atoms with Crippen LogP contribution in [0.3, 0.4) is 0 Å². The van der Waals surface area contributed by atoms with Crippen molar-refractivity contribution in [3.05, 3.63) is 94.9 Å². The van der Waals surface area contributed by atoms with E-state index in [2.05, 4.69) is 26.2 Å². The molecule has 2 aliphatic rings. The number of H-pyrrole nitrogens is 1. The summed E-state index contributed by atoms with van der Waals surface area (Å²) in [5, 5.41) is 14.3. The molecule has 7 nitrogen and oxygen atoms in total. The Bertz CT molecular complexity index is 1480. The summed E-state index contributed by atoms with van der Waals surface area (Å²) in [6.45, 7) is 3.78. The Morgan fingerprint density at radius 2 is 1.82 bits per heavy atom. The largest absolute Gasteiger partial charge is 0.496 e. The molecule has 4 aromatic rings. The molecule has 0 spiro atoms. The minimum atomic E-state index is -0.854. The van der Waals surface area contributed by atoms with Crippen molar-refractivity contribution in [2.45, 2.75) is 25.0 Å². The molecule has 1 saturated heterocycles. The molecular formula is C30H31FN4O3. The molecule has 6 rings (SSSR count). The number of benzene rings is 3. The first-order valence-corrected chi connectivity index (χ1v) is 13.0. The number of carboxylic acids is 1. The van der Waals surface area contributed by atoms with Crippen LogP contribution in [0.15, 0.2) is 66.7 Å². The van der Waals surface area contributed by atoms with E-state index < -0.39 is 12.0 Å². The van der Waals surface area contributed by atoms with Gasteiger partial charge in [0.2, 0.25) is 0 Å². The molecular weight excluding hydrogens is 483 g/mol. The maximum absolute atomic E-state index is 14.3. The SMILES string of the molecule is COc1ccc(C2N[C@H](C(=O)O)Cc3c2[nH]c2ccccc32)cc1CN1CCN(c2ccccc2F)CC1. The lowest BCUT2D eigenvalue weighted by Crippen LogP contribution is -2.46. The molecule has 3 aromatic carbocycles. The van der Waals surface area contributed by atoms with Crippen molar-refractivity contribution in [2.75, 3.05) is 38.2 Å². The van der Waals surface area contributed by atoms with Gasteiger partial charge in [-0.25, -0.2) is 4.39 Å². The fourth-order valence-corrected chi connectivity index (χ4v) is 5.85. The zero-order chi connectivity index (χ0) is 26.2. The summed E-state index contributed by atoms with van der Waals surface area (Å²) < 4.78 is 20.0. The molecule has 0 bridgehead atoms. The van der Waals surface area contributed by atoms with Gasteiger partial charge in [-0.3, -0.25) is 15.0 Å². The molecule has 1 aromatic heterocycles. The topological polar surface area (TPSA) is 80.8 Å². The van der Waals surface area contributed by atoms with Gasteiger partial charge >= 0.3 is 5.97 Å². The third-order valence-electron chi connectivity index (χ3n) is 7.81. The number of ether oxygens (including phenoxy) is 1. The van der Waals surface area contributed by atoms with Crippen LogP contribution in [0.2, 0.25) is 0 Å². The van der Waals surface area contributed by atoms with Gasteiger partial charge in [0.1, 0.15) is 17.6 Å². The number of aliphatic carboxylic acids is 1. The third kappa shape index (κ3) is 4.50. The van der Waals surface area contributed by atoms with Crippen LogP contribution in [0.5, 0.6) is 5.75 Å². The van der Waals surface area contributed by atoms with Crippen molar-refractivity contribution < 1.29 is 19.0 Å². The number of para-hydroxylation sites is 2. The third-order valence-corrected chi connectivity index (χ3v) is 7.81. The highest BCUT2D eigenvalue weighted by atomic mass is 19.1. The van der Waals surface area contributed by atoms with Crippen LogP contribution in [0.1, 0.15) is 28.4 Å². The number of hydrogen-bond acceptors (Lipinski definition) is 5. The van der Waals surface area contributed by atoms with E-state index in [1.807, 2.05) is 48.5 Å². The second-order valence-electron chi connectivity index (χ2n) is 10.0. The predicted molar refractivity (Wildman–Crippen MR) is 145 cm³/mol. The Balaban J connectivity index is 1.27. The predicted octanol–water partition coefficient (Wildman–Crippen LogP) is 4.33. The second kappa shape index (κ2) is 10.1. The van der Waals surface area contributed by atoms with Gasteiger partial charge in [-0.1, -0.05) is 36.4 Å². The van der Waals surface area contributed by atoms with Crippen LogP contribution in [-0.2, 0) is 17.8 Å². The summed E-state index contributed by atoms with van der Waals surface area (Å²) >= 11 is 0. The van der Waals surface area contributed by atoms with E-state index in [1.165, 1.54) is 6.07 Å². The molecule has 38 heavy (non-hydrogen) atoms. The highest BCUT2D eigenvalue weighted by Crippen LogP contribution is 2.37. The number of nitrogens with one attached hydrogen (secondary N) is 2. The number of rotatable bonds is 6. The van der Waals surface area contributed by atoms with E-state index in [0.29, 0.717) is 18.7 Å². The second-order valence-corrected chi connectivity index (χ2v) is 10.0. The maximum Gasteiger partial charge on any atom is 0.321 e. The van der Waals surface area contributed by atoms with Crippen molar-refractivity contribution in [1.82, 2.24) is 15.2 Å². The van der Waals surface area contributed by atoms with E-state index in [-0.39, 0.29) is 11.9 Å². The van der Waals surface area contributed by atoms with Crippen LogP contribution in [-0.4, -0.2) is 60.3 Å². The van der Waals surface area contributed by atoms with Crippen molar-refractivity contribution in [1.29, 1.82) is 0 Å². The van der Waals surface area contributed by atoms with Crippen LogP contribution in [0.25, 0.3) is 10.9 Å². The number of nitrogens with zero attached hydrogens (tertiary/aromatic N) is 2. The lowest BCUT2D eigenvalue weighted by atomic mass is 9.89. The number of carbonyl (C=O) groups is 1. The van der Waals surface area contributed by atoms with Gasteiger partial charge in [-0.05, 0) is 41.5 Å². The normalized spacial score (nSPS) is 19.9. The fraction of sp³-hybridized carbons (Fsp3) is 0.300. The summed E-state index contributed by atoms with van der Waals surface area (Å²) in [4.78, 5) is 20.0. The zero-order valence-corrected chi connectivity index (χ0v) is 21.3. The molecule has 196 valence electrons. The fourth-order valence-electron chi connectivity index (χ4n) is 5.85. The van der Waals surface area contributed by atoms with E-state index in [0.717, 1.165) is 65.2 Å². The average molecular weight is 515 g/mol. The molecule has 0 radical (unpaired) electrons. The molecule has 8 heteroatoms. The molecule has 0 aliphatic carbocycles. The lowest BCUT2D eigenvalue weighted by molar-refractivity contribution is -0.139. The molecule has 0 amide bonds. The molecule has 1 unspecified atom stereocenters. The first-order valence-electron chi connectivity index (χ1n) is 13.0. The number of carboxylic acid groups (broad SMARTS) is 1. The standard InChI is InChI=1S/C30H31FN4O3/c1-38-27-11-10-19(16-20(27)18-34-12-14-35(15-13-34)26-9-5-3-7-23(26)31)28-29-22(17-25(33-28)30(36)37)21-6-2-4-8-24(21)32-29/h2-11,16,25,28,32-33H,12-15,17-18H2,1H3,(H,36,37)/t25-,28?/m0/s1. The first kappa shape index (κ1) is 24.5. The van der Waals surface area contributed by atoms with Gasteiger partial charge in [0, 0.05) is 61.3 Å². The van der Waals surface area contributed by atoms with Crippen molar-refractivity contribution in [3.63, 3.8) is 0 Å². The summed E-state index contributed by atoms with van der Waals surface area (Å²) in [5.41, 5.74) is 5.76. The summed E-state index contributed by atoms with van der Waals surface area (Å²) in [6, 6.07) is 20.1. The van der Waals surface area contributed by atoms with Gasteiger partial charge in [0.15, 0.2) is 0 Å². The number of aromatic amines is 1. The maximum atomic E-state index is 14.3. The number of piperazine rings is 1. The summed E-state index contributed by atoms with van der Waals surface area (Å²) in [5.74, 6) is -0.244. The van der Waals surface area contributed by atoms with Gasteiger partial charge in [0.25, 0.3) is 0 Å². The number of halogens is 1. The number of hydrogen-bond donors (Lipinski definition) is 3. The molecule has 2 aliphatic heterocycles. The summed E-state index contributed by atoms with van der Waals surface area (Å²) in [7, 11) is 1.67. The quantitative estimate of drug-likeness (QED) is 0.356. The monoisotopic (exact) mass is 514 g/mol. The first-order chi connectivity index (χ1) is 18.5. The van der Waals surface area contributed by atoms with Gasteiger partial charge in [-0.2, -0.15) is 0 Å². The zero-order valence-electron chi connectivity index (χ0n) is 21.3.